The molecule has 1 nitrogen and oxygen atoms in total. The summed E-state index contributed by atoms with van der Waals surface area (Å²) in [5.41, 5.74) is 2.31. The average molecular weight is 239 g/mol. The molecule has 0 saturated heterocycles. The fourth-order valence-corrected chi connectivity index (χ4v) is 1.87. The van der Waals surface area contributed by atoms with Crippen LogP contribution in [-0.4, -0.2) is 6.61 Å². The topological polar surface area (TPSA) is 9.23 Å². The van der Waals surface area contributed by atoms with Crippen molar-refractivity contribution in [3.63, 3.8) is 0 Å². The second kappa shape index (κ2) is 4.67. The van der Waals surface area contributed by atoms with Crippen molar-refractivity contribution in [1.29, 1.82) is 0 Å². The number of benzene rings is 1. The van der Waals surface area contributed by atoms with Gasteiger partial charge in [0, 0.05) is 10.6 Å². The van der Waals surface area contributed by atoms with Gasteiger partial charge in [-0.25, -0.2) is 0 Å². The van der Waals surface area contributed by atoms with E-state index >= 15 is 0 Å². The van der Waals surface area contributed by atoms with Crippen LogP contribution in [0.5, 0.6) is 5.75 Å². The number of hydrogen-bond donors (Lipinski definition) is 0. The molecule has 1 aliphatic rings. The van der Waals surface area contributed by atoms with E-state index in [1.54, 1.807) is 0 Å². The fourth-order valence-electron chi connectivity index (χ4n) is 1.65. The highest BCUT2D eigenvalue weighted by Crippen LogP contribution is 2.34. The summed E-state index contributed by atoms with van der Waals surface area (Å²) < 4.78 is 5.85. The van der Waals surface area contributed by atoms with E-state index in [0.717, 1.165) is 28.9 Å². The minimum atomic E-state index is 0.487. The second-order valence-electron chi connectivity index (χ2n) is 5.03. The number of ether oxygens (including phenoxy) is 1. The Morgan fingerprint density at radius 1 is 1.38 bits per heavy atom. The molecule has 1 aromatic carbocycles. The molecule has 0 radical (unpaired) electrons. The Kier molecular flexibility index (Phi) is 3.44. The minimum Gasteiger partial charge on any atom is -0.493 e. The van der Waals surface area contributed by atoms with Crippen molar-refractivity contribution < 1.29 is 4.74 Å². The first kappa shape index (κ1) is 11.8. The number of halogens is 1. The van der Waals surface area contributed by atoms with E-state index in [1.807, 2.05) is 13.0 Å². The van der Waals surface area contributed by atoms with Gasteiger partial charge >= 0.3 is 0 Å². The predicted octanol–water partition coefficient (Wildman–Crippen LogP) is 4.56. The molecule has 1 saturated carbocycles. The van der Waals surface area contributed by atoms with Gasteiger partial charge in [0.05, 0.1) is 6.61 Å². The maximum absolute atomic E-state index is 6.21. The van der Waals surface area contributed by atoms with E-state index in [2.05, 4.69) is 19.9 Å². The molecule has 0 unspecified atom stereocenters. The highest BCUT2D eigenvalue weighted by molar-refractivity contribution is 6.31. The Morgan fingerprint density at radius 3 is 2.62 bits per heavy atom. The molecule has 0 heterocycles. The third-order valence-electron chi connectivity index (χ3n) is 3.16. The third-order valence-corrected chi connectivity index (χ3v) is 3.55. The van der Waals surface area contributed by atoms with Crippen LogP contribution >= 0.6 is 11.6 Å². The minimum absolute atomic E-state index is 0.487. The smallest absolute Gasteiger partial charge is 0.123 e. The summed E-state index contributed by atoms with van der Waals surface area (Å²) in [4.78, 5) is 0. The van der Waals surface area contributed by atoms with Crippen molar-refractivity contribution in [2.75, 3.05) is 6.61 Å². The highest BCUT2D eigenvalue weighted by atomic mass is 35.5. The monoisotopic (exact) mass is 238 g/mol. The lowest BCUT2D eigenvalue weighted by Crippen LogP contribution is -2.02. The summed E-state index contributed by atoms with van der Waals surface area (Å²) in [6, 6.07) is 4.18. The van der Waals surface area contributed by atoms with Gasteiger partial charge in [-0.2, -0.15) is 0 Å². The first-order chi connectivity index (χ1) is 7.58. The van der Waals surface area contributed by atoms with Gasteiger partial charge < -0.3 is 4.74 Å². The predicted molar refractivity (Wildman–Crippen MR) is 68.5 cm³/mol. The Morgan fingerprint density at radius 2 is 2.06 bits per heavy atom. The summed E-state index contributed by atoms with van der Waals surface area (Å²) in [7, 11) is 0. The van der Waals surface area contributed by atoms with E-state index in [4.69, 9.17) is 16.3 Å². The maximum Gasteiger partial charge on any atom is 0.123 e. The van der Waals surface area contributed by atoms with Crippen molar-refractivity contribution in [1.82, 2.24) is 0 Å². The SMILES string of the molecule is Cc1c(Cl)cc(C(C)C)cc1OCC1CC1. The van der Waals surface area contributed by atoms with E-state index in [-0.39, 0.29) is 0 Å². The van der Waals surface area contributed by atoms with Crippen LogP contribution < -0.4 is 4.74 Å². The molecule has 16 heavy (non-hydrogen) atoms. The quantitative estimate of drug-likeness (QED) is 0.747. The summed E-state index contributed by atoms with van der Waals surface area (Å²) in [6.07, 6.45) is 2.63. The Balaban J connectivity index is 2.19. The van der Waals surface area contributed by atoms with Crippen LogP contribution in [0.3, 0.4) is 0 Å². The molecule has 0 aromatic heterocycles. The lowest BCUT2D eigenvalue weighted by molar-refractivity contribution is 0.297. The molecule has 1 aliphatic carbocycles. The first-order valence-corrected chi connectivity index (χ1v) is 6.38. The maximum atomic E-state index is 6.21. The van der Waals surface area contributed by atoms with Gasteiger partial charge in [-0.1, -0.05) is 25.4 Å². The van der Waals surface area contributed by atoms with Gasteiger partial charge in [0.1, 0.15) is 5.75 Å². The van der Waals surface area contributed by atoms with Gasteiger partial charge in [0.2, 0.25) is 0 Å². The molecule has 1 aromatic rings. The van der Waals surface area contributed by atoms with Crippen LogP contribution in [-0.2, 0) is 0 Å². The van der Waals surface area contributed by atoms with Gasteiger partial charge in [0.15, 0.2) is 0 Å². The summed E-state index contributed by atoms with van der Waals surface area (Å²) >= 11 is 6.21. The largest absolute Gasteiger partial charge is 0.493 e. The van der Waals surface area contributed by atoms with Crippen molar-refractivity contribution in [2.45, 2.75) is 39.5 Å². The molecule has 1 fully saturated rings. The lowest BCUT2D eigenvalue weighted by Gasteiger charge is -2.14. The van der Waals surface area contributed by atoms with E-state index in [1.165, 1.54) is 18.4 Å². The number of hydrogen-bond acceptors (Lipinski definition) is 1. The summed E-state index contributed by atoms with van der Waals surface area (Å²) in [6.45, 7) is 7.21. The molecule has 2 heteroatoms. The molecule has 0 amide bonds. The van der Waals surface area contributed by atoms with Crippen LogP contribution in [0.2, 0.25) is 5.02 Å². The normalized spacial score (nSPS) is 15.6. The van der Waals surface area contributed by atoms with Crippen LogP contribution in [0.1, 0.15) is 43.7 Å². The average Bonchev–Trinajstić information content (AvgIpc) is 3.03. The van der Waals surface area contributed by atoms with Crippen LogP contribution in [0, 0.1) is 12.8 Å². The van der Waals surface area contributed by atoms with Gasteiger partial charge in [-0.3, -0.25) is 0 Å². The van der Waals surface area contributed by atoms with Crippen LogP contribution in [0.15, 0.2) is 12.1 Å². The molecule has 2 rings (SSSR count). The van der Waals surface area contributed by atoms with Crippen molar-refractivity contribution in [3.05, 3.63) is 28.3 Å². The number of rotatable bonds is 4. The van der Waals surface area contributed by atoms with Crippen molar-refractivity contribution >= 4 is 11.6 Å². The molecule has 0 atom stereocenters. The third kappa shape index (κ3) is 2.70. The molecule has 0 spiro atoms. The van der Waals surface area contributed by atoms with Crippen molar-refractivity contribution in [2.24, 2.45) is 5.92 Å². The second-order valence-corrected chi connectivity index (χ2v) is 5.44. The van der Waals surface area contributed by atoms with E-state index in [9.17, 15) is 0 Å². The molecule has 0 bridgehead atoms. The Bertz CT molecular complexity index is 381. The summed E-state index contributed by atoms with van der Waals surface area (Å²) in [5.74, 6) is 2.23. The zero-order chi connectivity index (χ0) is 11.7. The molecule has 0 N–H and O–H groups in total. The first-order valence-electron chi connectivity index (χ1n) is 6.00. The van der Waals surface area contributed by atoms with E-state index < -0.39 is 0 Å². The zero-order valence-corrected chi connectivity index (χ0v) is 11.0. The van der Waals surface area contributed by atoms with Crippen LogP contribution in [0.4, 0.5) is 0 Å². The van der Waals surface area contributed by atoms with E-state index in [0.29, 0.717) is 5.92 Å². The van der Waals surface area contributed by atoms with Gasteiger partial charge in [-0.05, 0) is 49.3 Å². The lowest BCUT2D eigenvalue weighted by atomic mass is 10.0. The van der Waals surface area contributed by atoms with Gasteiger partial charge in [-0.15, -0.1) is 0 Å². The van der Waals surface area contributed by atoms with Gasteiger partial charge in [0.25, 0.3) is 0 Å². The standard InChI is InChI=1S/C14H19ClO/c1-9(2)12-6-13(15)10(3)14(7-12)16-8-11-4-5-11/h6-7,9,11H,4-5,8H2,1-3H3. The molecule has 0 aliphatic heterocycles. The Labute approximate surface area is 103 Å². The fraction of sp³-hybridized carbons (Fsp3) is 0.571. The highest BCUT2D eigenvalue weighted by Gasteiger charge is 2.22. The van der Waals surface area contributed by atoms with Crippen LogP contribution in [0.25, 0.3) is 0 Å². The summed E-state index contributed by atoms with van der Waals surface area (Å²) in [5, 5.41) is 0.817. The molecular formula is C14H19ClO. The van der Waals surface area contributed by atoms with Crippen molar-refractivity contribution in [3.8, 4) is 5.75 Å². The zero-order valence-electron chi connectivity index (χ0n) is 10.2. The molecular weight excluding hydrogens is 220 g/mol. The molecule has 88 valence electrons. The Hall–Kier alpha value is -0.690.